The van der Waals surface area contributed by atoms with Crippen LogP contribution >= 0.6 is 46.3 Å². The van der Waals surface area contributed by atoms with Gasteiger partial charge >= 0.3 is 5.91 Å². The quantitative estimate of drug-likeness (QED) is 0.0786. The van der Waals surface area contributed by atoms with Crippen LogP contribution in [0.1, 0.15) is 40.8 Å². The summed E-state index contributed by atoms with van der Waals surface area (Å²) in [7, 11) is 0. The maximum Gasteiger partial charge on any atom is 0.301 e. The third-order valence-electron chi connectivity index (χ3n) is 6.98. The topological polar surface area (TPSA) is 92.6 Å². The smallest absolute Gasteiger partial charge is 0.301 e. The Morgan fingerprint density at radius 1 is 1.10 bits per heavy atom. The number of Topliss-reactive ketones (excluding diaryl/α,β-unsaturated/α-hetero) is 1. The molecule has 41 heavy (non-hydrogen) atoms. The van der Waals surface area contributed by atoms with Crippen LogP contribution in [0.5, 0.6) is 5.75 Å². The minimum absolute atomic E-state index is 0.00289. The van der Waals surface area contributed by atoms with Gasteiger partial charge in [0.1, 0.15) is 17.6 Å². The molecule has 2 atom stereocenters. The molecule has 3 heterocycles. The van der Waals surface area contributed by atoms with Crippen molar-refractivity contribution in [3.63, 3.8) is 0 Å². The molecule has 0 radical (unpaired) electrons. The highest BCUT2D eigenvalue weighted by Gasteiger charge is 2.48. The van der Waals surface area contributed by atoms with E-state index in [9.17, 15) is 14.7 Å². The van der Waals surface area contributed by atoms with Crippen molar-refractivity contribution < 1.29 is 19.4 Å². The normalized spacial score (nSPS) is 19.5. The highest BCUT2D eigenvalue weighted by molar-refractivity contribution is 8.00. The highest BCUT2D eigenvalue weighted by atomic mass is 35.5. The molecule has 2 aliphatic heterocycles. The van der Waals surface area contributed by atoms with Gasteiger partial charge in [-0.1, -0.05) is 82.2 Å². The first-order valence-corrected chi connectivity index (χ1v) is 15.3. The number of aromatic nitrogens is 2. The molecule has 1 amide bonds. The first-order chi connectivity index (χ1) is 19.7. The summed E-state index contributed by atoms with van der Waals surface area (Å²) < 4.78 is 6.39. The van der Waals surface area contributed by atoms with Gasteiger partial charge in [0.2, 0.25) is 5.13 Å². The van der Waals surface area contributed by atoms with Crippen LogP contribution < -0.4 is 9.64 Å². The van der Waals surface area contributed by atoms with Crippen molar-refractivity contribution in [3.8, 4) is 5.75 Å². The van der Waals surface area contributed by atoms with Gasteiger partial charge < -0.3 is 9.84 Å². The Morgan fingerprint density at radius 3 is 2.63 bits per heavy atom. The predicted octanol–water partition coefficient (Wildman–Crippen LogP) is 7.40. The molecule has 0 saturated carbocycles. The predicted molar refractivity (Wildman–Crippen MR) is 162 cm³/mol. The number of hydrogen-bond donors (Lipinski definition) is 1. The second-order valence-electron chi connectivity index (χ2n) is 9.91. The van der Waals surface area contributed by atoms with Gasteiger partial charge in [0, 0.05) is 27.8 Å². The fourth-order valence-corrected chi connectivity index (χ4v) is 7.38. The van der Waals surface area contributed by atoms with E-state index in [0.29, 0.717) is 37.7 Å². The summed E-state index contributed by atoms with van der Waals surface area (Å²) in [5.74, 6) is -0.524. The number of ether oxygens (including phenoxy) is 1. The Morgan fingerprint density at radius 2 is 1.88 bits per heavy atom. The van der Waals surface area contributed by atoms with E-state index in [1.54, 1.807) is 24.3 Å². The number of aryl methyl sites for hydroxylation is 1. The Balaban J connectivity index is 1.37. The minimum atomic E-state index is -0.879. The van der Waals surface area contributed by atoms with Crippen molar-refractivity contribution in [2.75, 3.05) is 4.90 Å². The lowest BCUT2D eigenvalue weighted by Gasteiger charge is -2.22. The van der Waals surface area contributed by atoms with Gasteiger partial charge in [0.15, 0.2) is 4.34 Å². The summed E-state index contributed by atoms with van der Waals surface area (Å²) in [6.07, 6.45) is 0.722. The van der Waals surface area contributed by atoms with E-state index < -0.39 is 17.7 Å². The van der Waals surface area contributed by atoms with E-state index in [-0.39, 0.29) is 22.6 Å². The molecule has 4 aromatic rings. The van der Waals surface area contributed by atoms with Crippen LogP contribution in [0.4, 0.5) is 5.13 Å². The number of thioether (sulfide) groups is 1. The molecular weight excluding hydrogens is 601 g/mol. The molecule has 0 spiro atoms. The van der Waals surface area contributed by atoms with E-state index in [1.807, 2.05) is 50.2 Å². The number of aliphatic hydroxyl groups excluding tert-OH is 1. The van der Waals surface area contributed by atoms with Gasteiger partial charge in [0.25, 0.3) is 5.78 Å². The lowest BCUT2D eigenvalue weighted by molar-refractivity contribution is -0.132. The Bertz CT molecular complexity index is 1720. The molecule has 0 bridgehead atoms. The largest absolute Gasteiger partial charge is 0.507 e. The minimum Gasteiger partial charge on any atom is -0.507 e. The standard InChI is InChI=1S/C30H23Cl2N3O4S2/c1-15-3-5-17(6-4-15)25-24(26(36)18-8-10-23-20(12-18)11-16(2)39-23)27(37)28(38)35(25)29-33-34-30(41-29)40-14-19-7-9-21(31)13-22(19)32/h3-10,12-13,16,25,36H,11,14H2,1-2H3/b26-24+. The number of nitrogens with zero attached hydrogens (tertiary/aromatic N) is 3. The summed E-state index contributed by atoms with van der Waals surface area (Å²) in [5.41, 5.74) is 3.97. The number of aliphatic hydroxyl groups is 1. The Kier molecular flexibility index (Phi) is 7.54. The lowest BCUT2D eigenvalue weighted by atomic mass is 9.94. The number of fused-ring (bicyclic) bond motifs is 1. The van der Waals surface area contributed by atoms with Crippen molar-refractivity contribution in [1.29, 1.82) is 0 Å². The molecule has 208 valence electrons. The number of amides is 1. The summed E-state index contributed by atoms with van der Waals surface area (Å²) >= 11 is 14.9. The summed E-state index contributed by atoms with van der Waals surface area (Å²) in [6, 6.07) is 17.2. The van der Waals surface area contributed by atoms with Gasteiger partial charge in [-0.05, 0) is 60.9 Å². The number of rotatable bonds is 6. The van der Waals surface area contributed by atoms with Crippen molar-refractivity contribution in [1.82, 2.24) is 10.2 Å². The molecular formula is C30H23Cl2N3O4S2. The number of carbonyl (C=O) groups excluding carboxylic acids is 2. The first-order valence-electron chi connectivity index (χ1n) is 12.8. The van der Waals surface area contributed by atoms with Gasteiger partial charge in [-0.2, -0.15) is 0 Å². The SMILES string of the molecule is Cc1ccc(C2/C(=C(\O)c3ccc4c(c3)CC(C)O4)C(=O)C(=O)N2c2nnc(SCc3ccc(Cl)cc3Cl)s2)cc1. The second kappa shape index (κ2) is 11.1. The van der Waals surface area contributed by atoms with Gasteiger partial charge in [-0.3, -0.25) is 14.5 Å². The molecule has 7 nitrogen and oxygen atoms in total. The average Bonchev–Trinajstić information content (AvgIpc) is 3.63. The van der Waals surface area contributed by atoms with Gasteiger partial charge in [-0.15, -0.1) is 10.2 Å². The molecule has 1 N–H and O–H groups in total. The molecule has 1 aromatic heterocycles. The monoisotopic (exact) mass is 623 g/mol. The highest BCUT2D eigenvalue weighted by Crippen LogP contribution is 2.45. The van der Waals surface area contributed by atoms with E-state index in [1.165, 1.54) is 28.0 Å². The third kappa shape index (κ3) is 5.35. The number of ketones is 1. The van der Waals surface area contributed by atoms with E-state index in [2.05, 4.69) is 10.2 Å². The van der Waals surface area contributed by atoms with Crippen LogP contribution in [0, 0.1) is 6.92 Å². The third-order valence-corrected chi connectivity index (χ3v) is 9.67. The summed E-state index contributed by atoms with van der Waals surface area (Å²) in [6.45, 7) is 3.93. The number of carbonyl (C=O) groups is 2. The zero-order chi connectivity index (χ0) is 28.8. The average molecular weight is 625 g/mol. The number of halogens is 2. The Hall–Kier alpha value is -3.37. The molecule has 0 aliphatic carbocycles. The van der Waals surface area contributed by atoms with Crippen LogP contribution in [0.15, 0.2) is 70.6 Å². The molecule has 3 aromatic carbocycles. The first kappa shape index (κ1) is 27.8. The fourth-order valence-electron chi connectivity index (χ4n) is 4.96. The second-order valence-corrected chi connectivity index (χ2v) is 12.9. The van der Waals surface area contributed by atoms with E-state index >= 15 is 0 Å². The van der Waals surface area contributed by atoms with Gasteiger partial charge in [-0.25, -0.2) is 0 Å². The van der Waals surface area contributed by atoms with Crippen molar-refractivity contribution in [2.45, 2.75) is 42.5 Å². The number of hydrogen-bond acceptors (Lipinski definition) is 8. The van der Waals surface area contributed by atoms with Crippen LogP contribution in [0.3, 0.4) is 0 Å². The lowest BCUT2D eigenvalue weighted by Crippen LogP contribution is -2.29. The van der Waals surface area contributed by atoms with Crippen LogP contribution in [0.25, 0.3) is 5.76 Å². The molecule has 2 unspecified atom stereocenters. The molecule has 11 heteroatoms. The molecule has 1 saturated heterocycles. The van der Waals surface area contributed by atoms with Crippen LogP contribution in [-0.4, -0.2) is 33.1 Å². The summed E-state index contributed by atoms with van der Waals surface area (Å²) in [5, 5.41) is 21.4. The zero-order valence-corrected chi connectivity index (χ0v) is 25.1. The van der Waals surface area contributed by atoms with E-state index in [4.69, 9.17) is 27.9 Å². The Labute approximate surface area is 254 Å². The van der Waals surface area contributed by atoms with E-state index in [0.717, 1.165) is 22.4 Å². The van der Waals surface area contributed by atoms with Crippen LogP contribution in [0.2, 0.25) is 10.0 Å². The van der Waals surface area contributed by atoms with Crippen molar-refractivity contribution in [2.24, 2.45) is 0 Å². The molecule has 2 aliphatic rings. The van der Waals surface area contributed by atoms with Crippen molar-refractivity contribution >= 4 is 68.9 Å². The number of benzene rings is 3. The maximum atomic E-state index is 13.5. The van der Waals surface area contributed by atoms with Gasteiger partial charge in [0.05, 0.1) is 11.6 Å². The molecule has 6 rings (SSSR count). The van der Waals surface area contributed by atoms with Crippen LogP contribution in [-0.2, 0) is 21.8 Å². The van der Waals surface area contributed by atoms with Crippen molar-refractivity contribution in [3.05, 3.63) is 104 Å². The summed E-state index contributed by atoms with van der Waals surface area (Å²) in [4.78, 5) is 28.4. The fraction of sp³-hybridized carbons (Fsp3) is 0.200. The zero-order valence-electron chi connectivity index (χ0n) is 21.9. The number of anilines is 1. The molecule has 1 fully saturated rings. The maximum absolute atomic E-state index is 13.5.